The van der Waals surface area contributed by atoms with Crippen LogP contribution in [0.3, 0.4) is 0 Å². The molecule has 0 fully saturated rings. The summed E-state index contributed by atoms with van der Waals surface area (Å²) in [6, 6.07) is 4.19. The van der Waals surface area contributed by atoms with Crippen LogP contribution in [0.1, 0.15) is 15.9 Å². The van der Waals surface area contributed by atoms with Gasteiger partial charge < -0.3 is 10.0 Å². The van der Waals surface area contributed by atoms with Crippen molar-refractivity contribution in [3.8, 4) is 0 Å². The molecule has 0 aromatic heterocycles. The molecule has 6 heteroatoms. The Morgan fingerprint density at radius 1 is 1.33 bits per heavy atom. The molecular weight excluding hydrogens is 254 g/mol. The third-order valence-corrected chi connectivity index (χ3v) is 4.21. The molecule has 1 N–H and O–H groups in total. The summed E-state index contributed by atoms with van der Waals surface area (Å²) in [5.74, 6) is -1.13. The number of nitrogens with zero attached hydrogens (tertiary/aromatic N) is 1. The minimum atomic E-state index is -3.51. The molecule has 1 aliphatic heterocycles. The van der Waals surface area contributed by atoms with Crippen LogP contribution in [0.5, 0.6) is 0 Å². The normalized spacial score (nSPS) is 16.5. The van der Waals surface area contributed by atoms with Gasteiger partial charge in [-0.2, -0.15) is 0 Å². The molecule has 2 rings (SSSR count). The molecule has 0 saturated heterocycles. The van der Waals surface area contributed by atoms with Crippen LogP contribution in [0.25, 0.3) is 5.57 Å². The fraction of sp³-hybridized carbons (Fsp3) is 0.250. The van der Waals surface area contributed by atoms with E-state index < -0.39 is 15.8 Å². The quantitative estimate of drug-likeness (QED) is 0.886. The second kappa shape index (κ2) is 4.22. The fourth-order valence-corrected chi connectivity index (χ4v) is 3.43. The maximum absolute atomic E-state index is 11.9. The summed E-state index contributed by atoms with van der Waals surface area (Å²) in [7, 11) is 0.180. The number of aromatic carboxylic acids is 1. The molecule has 0 spiro atoms. The van der Waals surface area contributed by atoms with E-state index in [1.807, 2.05) is 19.0 Å². The Hall–Kier alpha value is -1.66. The van der Waals surface area contributed by atoms with Crippen molar-refractivity contribution in [2.24, 2.45) is 0 Å². The van der Waals surface area contributed by atoms with Gasteiger partial charge in [0.1, 0.15) is 0 Å². The van der Waals surface area contributed by atoms with Gasteiger partial charge in [-0.05, 0) is 37.4 Å². The number of likely N-dealkylation sites (N-methyl/N-ethyl adjacent to an activating group) is 1. The summed E-state index contributed by atoms with van der Waals surface area (Å²) < 4.78 is 23.9. The highest BCUT2D eigenvalue weighted by Crippen LogP contribution is 2.34. The zero-order valence-corrected chi connectivity index (χ0v) is 10.9. The van der Waals surface area contributed by atoms with Gasteiger partial charge in [0.25, 0.3) is 0 Å². The summed E-state index contributed by atoms with van der Waals surface area (Å²) >= 11 is 0. The summed E-state index contributed by atoms with van der Waals surface area (Å²) in [6.45, 7) is 0.499. The van der Waals surface area contributed by atoms with Crippen molar-refractivity contribution in [1.82, 2.24) is 4.90 Å². The van der Waals surface area contributed by atoms with Gasteiger partial charge in [-0.1, -0.05) is 6.07 Å². The van der Waals surface area contributed by atoms with Gasteiger partial charge >= 0.3 is 5.97 Å². The highest BCUT2D eigenvalue weighted by Gasteiger charge is 2.27. The van der Waals surface area contributed by atoms with Crippen LogP contribution in [0.4, 0.5) is 0 Å². The molecule has 5 nitrogen and oxygen atoms in total. The molecule has 0 amide bonds. The molecule has 1 heterocycles. The molecular formula is C12H13NO4S. The average molecular weight is 267 g/mol. The third kappa shape index (κ3) is 2.16. The monoisotopic (exact) mass is 267 g/mol. The number of rotatable bonds is 3. The topological polar surface area (TPSA) is 74.7 Å². The summed E-state index contributed by atoms with van der Waals surface area (Å²) in [4.78, 5) is 12.8. The van der Waals surface area contributed by atoms with Gasteiger partial charge in [-0.25, -0.2) is 13.2 Å². The second-order valence-corrected chi connectivity index (χ2v) is 6.21. The maximum Gasteiger partial charge on any atom is 0.335 e. The van der Waals surface area contributed by atoms with Crippen LogP contribution in [0.2, 0.25) is 0 Å². The molecule has 1 aromatic rings. The van der Waals surface area contributed by atoms with Crippen molar-refractivity contribution in [2.45, 2.75) is 4.90 Å². The maximum atomic E-state index is 11.9. The van der Waals surface area contributed by atoms with E-state index in [-0.39, 0.29) is 10.5 Å². The Morgan fingerprint density at radius 2 is 2.00 bits per heavy atom. The Balaban J connectivity index is 2.56. The number of carboxylic acid groups (broad SMARTS) is 1. The number of carboxylic acids is 1. The van der Waals surface area contributed by atoms with E-state index in [1.54, 1.807) is 6.07 Å². The first-order valence-electron chi connectivity index (χ1n) is 5.29. The van der Waals surface area contributed by atoms with Crippen LogP contribution in [-0.4, -0.2) is 45.0 Å². The minimum Gasteiger partial charge on any atom is -0.478 e. The molecule has 0 unspecified atom stereocenters. The summed E-state index contributed by atoms with van der Waals surface area (Å²) in [5.41, 5.74) is 1.26. The molecule has 1 aromatic carbocycles. The Bertz CT molecular complexity index is 644. The van der Waals surface area contributed by atoms with Gasteiger partial charge in [0.05, 0.1) is 10.5 Å². The van der Waals surface area contributed by atoms with E-state index in [0.29, 0.717) is 17.7 Å². The van der Waals surface area contributed by atoms with Crippen molar-refractivity contribution in [1.29, 1.82) is 0 Å². The largest absolute Gasteiger partial charge is 0.478 e. The summed E-state index contributed by atoms with van der Waals surface area (Å²) in [5, 5.41) is 10.1. The Morgan fingerprint density at radius 3 is 2.56 bits per heavy atom. The average Bonchev–Trinajstić information content (AvgIpc) is 2.49. The smallest absolute Gasteiger partial charge is 0.335 e. The molecule has 0 bridgehead atoms. The highest BCUT2D eigenvalue weighted by atomic mass is 32.2. The molecule has 1 aliphatic rings. The second-order valence-electron chi connectivity index (χ2n) is 4.44. The lowest BCUT2D eigenvalue weighted by Crippen LogP contribution is -2.13. The van der Waals surface area contributed by atoms with Gasteiger partial charge in [0.2, 0.25) is 9.84 Å². The van der Waals surface area contributed by atoms with Gasteiger partial charge in [-0.3, -0.25) is 0 Å². The number of benzene rings is 1. The number of hydrogen-bond acceptors (Lipinski definition) is 4. The van der Waals surface area contributed by atoms with Crippen LogP contribution >= 0.6 is 0 Å². The number of sulfone groups is 1. The molecule has 0 saturated carbocycles. The first-order valence-corrected chi connectivity index (χ1v) is 6.84. The molecule has 0 atom stereocenters. The Kier molecular flexibility index (Phi) is 3.00. The van der Waals surface area contributed by atoms with Crippen LogP contribution in [0, 0.1) is 0 Å². The van der Waals surface area contributed by atoms with Crippen LogP contribution < -0.4 is 0 Å². The zero-order chi connectivity index (χ0) is 13.5. The SMILES string of the molecule is CN(C)CC1=CS(=O)(=O)c2cc(C(=O)O)ccc21. The van der Waals surface area contributed by atoms with E-state index in [2.05, 4.69) is 0 Å². The van der Waals surface area contributed by atoms with Gasteiger partial charge in [-0.15, -0.1) is 0 Å². The van der Waals surface area contributed by atoms with Crippen molar-refractivity contribution >= 4 is 21.4 Å². The molecule has 96 valence electrons. The third-order valence-electron chi connectivity index (χ3n) is 2.67. The van der Waals surface area contributed by atoms with Crippen molar-refractivity contribution in [3.63, 3.8) is 0 Å². The van der Waals surface area contributed by atoms with Crippen molar-refractivity contribution < 1.29 is 18.3 Å². The van der Waals surface area contributed by atoms with Crippen LogP contribution in [-0.2, 0) is 9.84 Å². The van der Waals surface area contributed by atoms with Crippen LogP contribution in [0.15, 0.2) is 28.5 Å². The van der Waals surface area contributed by atoms with E-state index in [0.717, 1.165) is 0 Å². The zero-order valence-electron chi connectivity index (χ0n) is 10.0. The van der Waals surface area contributed by atoms with E-state index >= 15 is 0 Å². The lowest BCUT2D eigenvalue weighted by atomic mass is 10.1. The first-order chi connectivity index (χ1) is 8.31. The molecule has 18 heavy (non-hydrogen) atoms. The molecule has 0 aliphatic carbocycles. The van der Waals surface area contributed by atoms with E-state index in [1.165, 1.54) is 17.5 Å². The lowest BCUT2D eigenvalue weighted by molar-refractivity contribution is 0.0696. The number of fused-ring (bicyclic) bond motifs is 1. The fourth-order valence-electron chi connectivity index (χ4n) is 1.93. The number of hydrogen-bond donors (Lipinski definition) is 1. The lowest BCUT2D eigenvalue weighted by Gasteiger charge is -2.11. The Labute approximate surface area is 105 Å². The molecule has 0 radical (unpaired) electrons. The number of carbonyl (C=O) groups is 1. The van der Waals surface area contributed by atoms with Gasteiger partial charge in [0, 0.05) is 12.0 Å². The van der Waals surface area contributed by atoms with E-state index in [4.69, 9.17) is 5.11 Å². The van der Waals surface area contributed by atoms with Crippen molar-refractivity contribution in [2.75, 3.05) is 20.6 Å². The van der Waals surface area contributed by atoms with E-state index in [9.17, 15) is 13.2 Å². The standard InChI is InChI=1S/C12H13NO4S/c1-13(2)6-9-7-18(16,17)11-5-8(12(14)15)3-4-10(9)11/h3-5,7H,6H2,1-2H3,(H,14,15). The summed E-state index contributed by atoms with van der Waals surface area (Å²) in [6.07, 6.45) is 0. The minimum absolute atomic E-state index is 0.0168. The van der Waals surface area contributed by atoms with Crippen molar-refractivity contribution in [3.05, 3.63) is 34.7 Å². The van der Waals surface area contributed by atoms with Gasteiger partial charge in [0.15, 0.2) is 0 Å². The first kappa shape index (κ1) is 12.8. The predicted octanol–water partition coefficient (Wildman–Crippen LogP) is 1.07. The predicted molar refractivity (Wildman–Crippen MR) is 67.1 cm³/mol. The highest BCUT2D eigenvalue weighted by molar-refractivity contribution is 7.95.